The zero-order chi connectivity index (χ0) is 17.1. The maximum absolute atomic E-state index is 10.9. The number of carboxylic acids is 1. The lowest BCUT2D eigenvalue weighted by atomic mass is 10.2. The van der Waals surface area contributed by atoms with Gasteiger partial charge in [0, 0.05) is 24.9 Å². The van der Waals surface area contributed by atoms with E-state index < -0.39 is 5.97 Å². The Balaban J connectivity index is 0.000000816. The van der Waals surface area contributed by atoms with Gasteiger partial charge in [0.25, 0.3) is 0 Å². The fraction of sp³-hybridized carbons (Fsp3) is 0.214. The van der Waals surface area contributed by atoms with Crippen molar-refractivity contribution in [3.05, 3.63) is 58.5 Å². The van der Waals surface area contributed by atoms with Gasteiger partial charge in [-0.25, -0.2) is 9.78 Å². The van der Waals surface area contributed by atoms with Crippen molar-refractivity contribution in [2.45, 2.75) is 6.42 Å². The molecule has 120 valence electrons. The predicted molar refractivity (Wildman–Crippen MR) is 80.6 cm³/mol. The number of carbonyl (C=O) groups is 1. The number of hydrogen-bond acceptors (Lipinski definition) is 6. The van der Waals surface area contributed by atoms with E-state index in [1.165, 1.54) is 19.4 Å². The second-order valence-corrected chi connectivity index (χ2v) is 4.09. The fourth-order valence-corrected chi connectivity index (χ4v) is 1.63. The van der Waals surface area contributed by atoms with Gasteiger partial charge in [0.15, 0.2) is 17.2 Å². The summed E-state index contributed by atoms with van der Waals surface area (Å²) >= 11 is 0. The molecule has 0 aliphatic heterocycles. The van der Waals surface area contributed by atoms with Gasteiger partial charge in [0.05, 0.1) is 19.9 Å². The first-order valence-electron chi connectivity index (χ1n) is 6.42. The molecule has 0 aliphatic carbocycles. The lowest BCUT2D eigenvalue weighted by Crippen LogP contribution is -2.06. The van der Waals surface area contributed by atoms with E-state index >= 15 is 0 Å². The van der Waals surface area contributed by atoms with Crippen molar-refractivity contribution < 1.29 is 19.4 Å². The van der Waals surface area contributed by atoms with Crippen LogP contribution >= 0.6 is 0 Å². The highest BCUT2D eigenvalue weighted by Crippen LogP contribution is 2.26. The molecule has 23 heavy (non-hydrogen) atoms. The van der Waals surface area contributed by atoms with Crippen LogP contribution in [0.25, 0.3) is 10.4 Å². The van der Waals surface area contributed by atoms with Crippen molar-refractivity contribution >= 4 is 5.97 Å². The van der Waals surface area contributed by atoms with Crippen molar-refractivity contribution in [3.8, 4) is 11.5 Å². The third-order valence-corrected chi connectivity index (χ3v) is 2.64. The number of nitrogens with zero attached hydrogens (tertiary/aromatic N) is 4. The minimum atomic E-state index is -1.11. The van der Waals surface area contributed by atoms with Gasteiger partial charge < -0.3 is 14.6 Å². The monoisotopic (exact) mass is 317 g/mol. The van der Waals surface area contributed by atoms with Gasteiger partial charge in [0.1, 0.15) is 0 Å². The van der Waals surface area contributed by atoms with Crippen molar-refractivity contribution in [1.82, 2.24) is 9.97 Å². The summed E-state index contributed by atoms with van der Waals surface area (Å²) in [5.74, 6) is -0.338. The highest BCUT2D eigenvalue weighted by atomic mass is 16.5. The van der Waals surface area contributed by atoms with Crippen molar-refractivity contribution in [2.75, 3.05) is 13.7 Å². The number of nitrogens with one attached hydrogen (secondary N) is 1. The standard InChI is InChI=1S/C14H14N2O4.HN3/c1-19-13-9-16-11(14(17)18)7-12(13)20-6-4-10-3-2-5-15-8-10;1-3-2/h2-3,5,7-9H,4,6H2,1H3,(H,17,18);1H. The topological polar surface area (TPSA) is 142 Å². The number of ether oxygens (including phenoxy) is 2. The molecule has 2 N–H and O–H groups in total. The molecular weight excluding hydrogens is 302 g/mol. The van der Waals surface area contributed by atoms with E-state index in [0.717, 1.165) is 5.56 Å². The number of rotatable bonds is 6. The molecule has 0 aromatic carbocycles. The second-order valence-electron chi connectivity index (χ2n) is 4.09. The van der Waals surface area contributed by atoms with E-state index in [2.05, 4.69) is 9.97 Å². The molecule has 0 unspecified atom stereocenters. The summed E-state index contributed by atoms with van der Waals surface area (Å²) in [5.41, 5.74) is 13.2. The molecule has 0 atom stereocenters. The van der Waals surface area contributed by atoms with Gasteiger partial charge in [-0.1, -0.05) is 6.07 Å². The van der Waals surface area contributed by atoms with Gasteiger partial charge in [-0.2, -0.15) is 0 Å². The quantitative estimate of drug-likeness (QED) is 0.476. The molecule has 0 spiro atoms. The molecule has 0 saturated carbocycles. The lowest BCUT2D eigenvalue weighted by molar-refractivity contribution is 0.0689. The SMILES string of the molecule is COc1cnc(C(=O)O)cc1OCCc1cccnc1.[N-]=[N+]=N. The molecule has 2 aromatic rings. The number of hydrogen-bond donors (Lipinski definition) is 2. The van der Waals surface area contributed by atoms with Gasteiger partial charge in [-0.3, -0.25) is 4.98 Å². The Hall–Kier alpha value is -3.32. The van der Waals surface area contributed by atoms with Crippen molar-refractivity contribution in [1.29, 1.82) is 5.53 Å². The summed E-state index contributed by atoms with van der Waals surface area (Å²) in [6.07, 6.45) is 5.47. The fourth-order valence-electron chi connectivity index (χ4n) is 1.63. The van der Waals surface area contributed by atoms with Crippen LogP contribution in [0.4, 0.5) is 0 Å². The molecular formula is C14H15N5O4. The third kappa shape index (κ3) is 5.90. The number of aromatic carboxylic acids is 1. The summed E-state index contributed by atoms with van der Waals surface area (Å²) in [7, 11) is 1.48. The highest BCUT2D eigenvalue weighted by Gasteiger charge is 2.11. The van der Waals surface area contributed by atoms with Crippen molar-refractivity contribution in [2.24, 2.45) is 0 Å². The lowest BCUT2D eigenvalue weighted by Gasteiger charge is -2.10. The average Bonchev–Trinajstić information content (AvgIpc) is 2.56. The normalized spacial score (nSPS) is 9.09. The molecule has 0 saturated heterocycles. The van der Waals surface area contributed by atoms with E-state index in [9.17, 15) is 4.79 Å². The van der Waals surface area contributed by atoms with Gasteiger partial charge >= 0.3 is 5.97 Å². The largest absolute Gasteiger partial charge is 0.491 e. The number of pyridine rings is 2. The summed E-state index contributed by atoms with van der Waals surface area (Å²) in [5, 5.41) is 8.91. The molecule has 2 rings (SSSR count). The van der Waals surface area contributed by atoms with Crippen LogP contribution in [-0.4, -0.2) is 34.8 Å². The first-order chi connectivity index (χ1) is 11.1. The first-order valence-corrected chi connectivity index (χ1v) is 6.42. The van der Waals surface area contributed by atoms with Crippen LogP contribution in [0.2, 0.25) is 0 Å². The van der Waals surface area contributed by atoms with Gasteiger partial charge in [-0.05, 0) is 22.1 Å². The van der Waals surface area contributed by atoms with Crippen LogP contribution in [-0.2, 0) is 6.42 Å². The van der Waals surface area contributed by atoms with E-state index in [1.807, 2.05) is 12.1 Å². The Morgan fingerprint density at radius 2 is 2.17 bits per heavy atom. The zero-order valence-electron chi connectivity index (χ0n) is 12.3. The first kappa shape index (κ1) is 17.7. The molecule has 0 amide bonds. The van der Waals surface area contributed by atoms with Crippen LogP contribution in [0, 0.1) is 5.53 Å². The van der Waals surface area contributed by atoms with Crippen LogP contribution in [0.15, 0.2) is 36.8 Å². The highest BCUT2D eigenvalue weighted by molar-refractivity contribution is 5.86. The van der Waals surface area contributed by atoms with E-state index in [4.69, 9.17) is 25.6 Å². The van der Waals surface area contributed by atoms with Gasteiger partial charge in [-0.15, -0.1) is 5.53 Å². The maximum atomic E-state index is 10.9. The molecule has 9 nitrogen and oxygen atoms in total. The smallest absolute Gasteiger partial charge is 0.354 e. The molecule has 2 aromatic heterocycles. The molecule has 0 aliphatic rings. The van der Waals surface area contributed by atoms with E-state index in [0.29, 0.717) is 24.5 Å². The Kier molecular flexibility index (Phi) is 7.39. The number of aromatic nitrogens is 2. The van der Waals surface area contributed by atoms with E-state index in [1.54, 1.807) is 17.3 Å². The molecule has 2 heterocycles. The minimum absolute atomic E-state index is 0.0813. The van der Waals surface area contributed by atoms with Crippen LogP contribution in [0.3, 0.4) is 0 Å². The molecule has 9 heteroatoms. The Bertz CT molecular complexity index is 672. The molecule has 0 radical (unpaired) electrons. The summed E-state index contributed by atoms with van der Waals surface area (Å²) in [4.78, 5) is 20.4. The zero-order valence-corrected chi connectivity index (χ0v) is 12.3. The molecule has 0 fully saturated rings. The Morgan fingerprint density at radius 1 is 1.43 bits per heavy atom. The summed E-state index contributed by atoms with van der Waals surface area (Å²) < 4.78 is 10.7. The summed E-state index contributed by atoms with van der Waals surface area (Å²) in [6.45, 7) is 0.394. The minimum Gasteiger partial charge on any atom is -0.491 e. The third-order valence-electron chi connectivity index (χ3n) is 2.64. The molecule has 0 bridgehead atoms. The second kappa shape index (κ2) is 9.59. The Labute approximate surface area is 131 Å². The predicted octanol–water partition coefficient (Wildman–Crippen LogP) is 2.68. The number of methoxy groups -OCH3 is 1. The van der Waals surface area contributed by atoms with Crippen LogP contribution in [0.1, 0.15) is 16.1 Å². The summed E-state index contributed by atoms with van der Waals surface area (Å²) in [6, 6.07) is 5.15. The maximum Gasteiger partial charge on any atom is 0.354 e. The van der Waals surface area contributed by atoms with E-state index in [-0.39, 0.29) is 5.69 Å². The van der Waals surface area contributed by atoms with Crippen LogP contribution in [0.5, 0.6) is 11.5 Å². The number of carboxylic acid groups (broad SMARTS) is 1. The van der Waals surface area contributed by atoms with Gasteiger partial charge in [0.2, 0.25) is 0 Å². The van der Waals surface area contributed by atoms with Crippen LogP contribution < -0.4 is 9.47 Å². The Morgan fingerprint density at radius 3 is 2.74 bits per heavy atom. The average molecular weight is 317 g/mol. The van der Waals surface area contributed by atoms with Crippen molar-refractivity contribution in [3.63, 3.8) is 0 Å².